The first-order chi connectivity index (χ1) is 9.18. The Morgan fingerprint density at radius 3 is 2.47 bits per heavy atom. The fourth-order valence-electron chi connectivity index (χ4n) is 2.01. The van der Waals surface area contributed by atoms with Crippen molar-refractivity contribution in [2.75, 3.05) is 6.61 Å². The van der Waals surface area contributed by atoms with E-state index < -0.39 is 11.6 Å². The highest BCUT2D eigenvalue weighted by Gasteiger charge is 2.36. The average molecular weight is 256 g/mol. The van der Waals surface area contributed by atoms with Gasteiger partial charge >= 0.3 is 5.97 Å². The van der Waals surface area contributed by atoms with Crippen molar-refractivity contribution in [1.82, 2.24) is 0 Å². The number of allylic oxidation sites excluding steroid dienone is 2. The van der Waals surface area contributed by atoms with E-state index in [0.717, 1.165) is 5.56 Å². The van der Waals surface area contributed by atoms with Gasteiger partial charge in [0.15, 0.2) is 0 Å². The van der Waals surface area contributed by atoms with Crippen molar-refractivity contribution in [3.8, 4) is 0 Å². The first kappa shape index (κ1) is 13.3. The predicted octanol–water partition coefficient (Wildman–Crippen LogP) is 2.92. The summed E-state index contributed by atoms with van der Waals surface area (Å²) in [5.74, 6) is -0.936. The van der Waals surface area contributed by atoms with Crippen LogP contribution in [0.25, 0.3) is 0 Å². The quantitative estimate of drug-likeness (QED) is 0.824. The highest BCUT2D eigenvalue weighted by atomic mass is 16.5. The number of carboxylic acids is 1. The lowest BCUT2D eigenvalue weighted by Gasteiger charge is -2.26. The van der Waals surface area contributed by atoms with Crippen LogP contribution in [0.2, 0.25) is 0 Å². The lowest BCUT2D eigenvalue weighted by atomic mass is 9.88. The van der Waals surface area contributed by atoms with Crippen molar-refractivity contribution in [3.05, 3.63) is 72.9 Å². The number of rotatable bonds is 5. The van der Waals surface area contributed by atoms with Crippen LogP contribution in [0.1, 0.15) is 11.5 Å². The zero-order chi connectivity index (χ0) is 13.7. The third-order valence-electron chi connectivity index (χ3n) is 3.06. The summed E-state index contributed by atoms with van der Waals surface area (Å²) < 4.78 is 5.37. The molecule has 0 saturated heterocycles. The van der Waals surface area contributed by atoms with Crippen LogP contribution in [0, 0.1) is 0 Å². The second kappa shape index (κ2) is 5.67. The summed E-state index contributed by atoms with van der Waals surface area (Å²) in [7, 11) is 0. The molecule has 0 spiro atoms. The molecule has 1 aliphatic rings. The van der Waals surface area contributed by atoms with E-state index in [2.05, 4.69) is 6.58 Å². The minimum Gasteiger partial charge on any atom is -0.479 e. The maximum Gasteiger partial charge on any atom is 0.344 e. The van der Waals surface area contributed by atoms with Crippen molar-refractivity contribution >= 4 is 5.97 Å². The van der Waals surface area contributed by atoms with Crippen molar-refractivity contribution in [3.63, 3.8) is 0 Å². The van der Waals surface area contributed by atoms with Crippen molar-refractivity contribution in [1.29, 1.82) is 0 Å². The highest BCUT2D eigenvalue weighted by molar-refractivity contribution is 5.83. The fourth-order valence-corrected chi connectivity index (χ4v) is 2.01. The number of benzene rings is 1. The molecular weight excluding hydrogens is 240 g/mol. The molecule has 3 nitrogen and oxygen atoms in total. The molecule has 98 valence electrons. The zero-order valence-electron chi connectivity index (χ0n) is 10.5. The van der Waals surface area contributed by atoms with Gasteiger partial charge in [0.2, 0.25) is 5.60 Å². The molecule has 2 rings (SSSR count). The first-order valence-electron chi connectivity index (χ1n) is 6.10. The normalized spacial score (nSPS) is 25.2. The van der Waals surface area contributed by atoms with Crippen LogP contribution in [0.4, 0.5) is 0 Å². The maximum absolute atomic E-state index is 11.4. The van der Waals surface area contributed by atoms with Gasteiger partial charge in [-0.05, 0) is 17.7 Å². The Kier molecular flexibility index (Phi) is 3.97. The van der Waals surface area contributed by atoms with Gasteiger partial charge in [-0.3, -0.25) is 0 Å². The number of hydrogen-bond donors (Lipinski definition) is 1. The predicted molar refractivity (Wildman–Crippen MR) is 74.0 cm³/mol. The number of aliphatic carboxylic acids is 1. The Bertz CT molecular complexity index is 500. The lowest BCUT2D eigenvalue weighted by Crippen LogP contribution is -2.39. The van der Waals surface area contributed by atoms with Crippen LogP contribution in [0.3, 0.4) is 0 Å². The largest absolute Gasteiger partial charge is 0.479 e. The van der Waals surface area contributed by atoms with E-state index in [4.69, 9.17) is 4.74 Å². The maximum atomic E-state index is 11.4. The van der Waals surface area contributed by atoms with Gasteiger partial charge in [-0.1, -0.05) is 48.6 Å². The highest BCUT2D eigenvalue weighted by Crippen LogP contribution is 2.29. The van der Waals surface area contributed by atoms with Crippen molar-refractivity contribution < 1.29 is 14.6 Å². The van der Waals surface area contributed by atoms with Gasteiger partial charge in [0, 0.05) is 5.92 Å². The molecule has 19 heavy (non-hydrogen) atoms. The van der Waals surface area contributed by atoms with Crippen LogP contribution in [-0.2, 0) is 9.53 Å². The van der Waals surface area contributed by atoms with Crippen molar-refractivity contribution in [2.45, 2.75) is 11.5 Å². The molecule has 0 bridgehead atoms. The van der Waals surface area contributed by atoms with E-state index in [1.54, 1.807) is 12.2 Å². The van der Waals surface area contributed by atoms with Gasteiger partial charge < -0.3 is 9.84 Å². The number of carboxylic acid groups (broad SMARTS) is 1. The van der Waals surface area contributed by atoms with E-state index >= 15 is 0 Å². The first-order valence-corrected chi connectivity index (χ1v) is 6.10. The summed E-state index contributed by atoms with van der Waals surface area (Å²) in [6.45, 7) is 3.72. The molecule has 3 heteroatoms. The Morgan fingerprint density at radius 1 is 1.32 bits per heavy atom. The van der Waals surface area contributed by atoms with Crippen LogP contribution in [0.15, 0.2) is 67.3 Å². The Hall–Kier alpha value is -2.13. The molecular formula is C16H16O3. The summed E-state index contributed by atoms with van der Waals surface area (Å²) in [5, 5.41) is 9.31. The molecule has 0 amide bonds. The van der Waals surface area contributed by atoms with E-state index in [1.807, 2.05) is 42.5 Å². The average Bonchev–Trinajstić information content (AvgIpc) is 2.46. The van der Waals surface area contributed by atoms with E-state index in [1.165, 1.54) is 6.08 Å². The van der Waals surface area contributed by atoms with Gasteiger partial charge in [0.1, 0.15) is 0 Å². The van der Waals surface area contributed by atoms with Gasteiger partial charge in [-0.2, -0.15) is 0 Å². The Balaban J connectivity index is 2.20. The van der Waals surface area contributed by atoms with Gasteiger partial charge in [0.05, 0.1) is 6.61 Å². The fraction of sp³-hybridized carbons (Fsp3) is 0.188. The van der Waals surface area contributed by atoms with Crippen LogP contribution in [-0.4, -0.2) is 23.3 Å². The van der Waals surface area contributed by atoms with Gasteiger partial charge in [-0.25, -0.2) is 4.79 Å². The molecule has 1 aromatic rings. The molecule has 0 heterocycles. The summed E-state index contributed by atoms with van der Waals surface area (Å²) in [4.78, 5) is 11.4. The van der Waals surface area contributed by atoms with E-state index in [-0.39, 0.29) is 12.5 Å². The smallest absolute Gasteiger partial charge is 0.344 e. The SMILES string of the molecule is C=CCOC1(C(=O)O)C=CC(c2ccccc2)C=C1. The van der Waals surface area contributed by atoms with Crippen LogP contribution >= 0.6 is 0 Å². The second-order valence-corrected chi connectivity index (χ2v) is 4.35. The number of carbonyl (C=O) groups is 1. The Morgan fingerprint density at radius 2 is 1.95 bits per heavy atom. The molecule has 0 fully saturated rings. The van der Waals surface area contributed by atoms with Crippen molar-refractivity contribution in [2.24, 2.45) is 0 Å². The molecule has 1 aromatic carbocycles. The summed E-state index contributed by atoms with van der Waals surface area (Å²) in [5.41, 5.74) is -0.253. The van der Waals surface area contributed by atoms with E-state index in [0.29, 0.717) is 0 Å². The van der Waals surface area contributed by atoms with Crippen LogP contribution in [0.5, 0.6) is 0 Å². The van der Waals surface area contributed by atoms with E-state index in [9.17, 15) is 9.90 Å². The molecule has 0 aromatic heterocycles. The standard InChI is InChI=1S/C16H16O3/c1-2-12-19-16(15(17)18)10-8-14(9-11-16)13-6-4-3-5-7-13/h2-11,14H,1,12H2,(H,17,18). The third-order valence-corrected chi connectivity index (χ3v) is 3.06. The minimum absolute atomic E-state index is 0.0843. The molecule has 0 radical (unpaired) electrons. The minimum atomic E-state index is -1.38. The molecule has 0 atom stereocenters. The van der Waals surface area contributed by atoms with Gasteiger partial charge in [-0.15, -0.1) is 6.58 Å². The number of hydrogen-bond acceptors (Lipinski definition) is 2. The number of ether oxygens (including phenoxy) is 1. The lowest BCUT2D eigenvalue weighted by molar-refractivity contribution is -0.153. The molecule has 0 saturated carbocycles. The summed E-state index contributed by atoms with van der Waals surface area (Å²) in [6.07, 6.45) is 8.43. The topological polar surface area (TPSA) is 46.5 Å². The molecule has 0 unspecified atom stereocenters. The second-order valence-electron chi connectivity index (χ2n) is 4.35. The van der Waals surface area contributed by atoms with Crippen LogP contribution < -0.4 is 0 Å². The Labute approximate surface area is 112 Å². The molecule has 1 aliphatic carbocycles. The molecule has 0 aliphatic heterocycles. The zero-order valence-corrected chi connectivity index (χ0v) is 10.5. The summed E-state index contributed by atoms with van der Waals surface area (Å²) >= 11 is 0. The van der Waals surface area contributed by atoms with Gasteiger partial charge in [0.25, 0.3) is 0 Å². The summed E-state index contributed by atoms with van der Waals surface area (Å²) in [6, 6.07) is 9.90. The third kappa shape index (κ3) is 2.83. The molecule has 1 N–H and O–H groups in total. The monoisotopic (exact) mass is 256 g/mol.